The molecule has 1 atom stereocenters. The highest BCUT2D eigenvalue weighted by Crippen LogP contribution is 2.37. The summed E-state index contributed by atoms with van der Waals surface area (Å²) in [5.74, 6) is -0.176. The first-order valence-corrected chi connectivity index (χ1v) is 5.51. The van der Waals surface area contributed by atoms with Gasteiger partial charge in [-0.15, -0.1) is 0 Å². The van der Waals surface area contributed by atoms with Crippen LogP contribution in [0.4, 0.5) is 5.69 Å². The van der Waals surface area contributed by atoms with Gasteiger partial charge >= 0.3 is 0 Å². The lowest BCUT2D eigenvalue weighted by atomic mass is 10.3. The molecule has 1 fully saturated rings. The number of amides is 1. The second-order valence-corrected chi connectivity index (χ2v) is 4.35. The molecule has 1 saturated carbocycles. The van der Waals surface area contributed by atoms with E-state index in [0.29, 0.717) is 17.4 Å². The number of carbonyl (C=O) groups excluding carboxylic acids is 1. The van der Waals surface area contributed by atoms with Crippen molar-refractivity contribution in [1.29, 1.82) is 0 Å². The summed E-state index contributed by atoms with van der Waals surface area (Å²) in [6.07, 6.45) is 4.00. The topological polar surface area (TPSA) is 80.3 Å². The SMILES string of the molecule is C[C@H](CO)NC(=O)c1cc(N)cn1C1CC1. The molecule has 16 heavy (non-hydrogen) atoms. The monoisotopic (exact) mass is 223 g/mol. The molecular formula is C11H17N3O2. The smallest absolute Gasteiger partial charge is 0.268 e. The van der Waals surface area contributed by atoms with E-state index in [1.807, 2.05) is 4.57 Å². The predicted octanol–water partition coefficient (Wildman–Crippen LogP) is 0.516. The van der Waals surface area contributed by atoms with E-state index in [1.54, 1.807) is 19.2 Å². The molecule has 1 amide bonds. The first kappa shape index (κ1) is 11.0. The average molecular weight is 223 g/mol. The zero-order chi connectivity index (χ0) is 11.7. The molecule has 1 aromatic rings. The van der Waals surface area contributed by atoms with Gasteiger partial charge in [0.05, 0.1) is 12.3 Å². The number of aromatic nitrogens is 1. The fraction of sp³-hybridized carbons (Fsp3) is 0.545. The summed E-state index contributed by atoms with van der Waals surface area (Å²) in [6.45, 7) is 1.69. The van der Waals surface area contributed by atoms with Gasteiger partial charge in [0, 0.05) is 18.3 Å². The van der Waals surface area contributed by atoms with E-state index in [-0.39, 0.29) is 18.6 Å². The molecule has 88 valence electrons. The van der Waals surface area contributed by atoms with Crippen molar-refractivity contribution >= 4 is 11.6 Å². The van der Waals surface area contributed by atoms with Crippen molar-refractivity contribution < 1.29 is 9.90 Å². The maximum absolute atomic E-state index is 11.9. The molecule has 1 heterocycles. The molecule has 0 aromatic carbocycles. The van der Waals surface area contributed by atoms with Crippen LogP contribution in [0.25, 0.3) is 0 Å². The van der Waals surface area contributed by atoms with Crippen molar-refractivity contribution in [3.63, 3.8) is 0 Å². The number of hydrogen-bond acceptors (Lipinski definition) is 3. The minimum Gasteiger partial charge on any atom is -0.397 e. The van der Waals surface area contributed by atoms with E-state index in [0.717, 1.165) is 12.8 Å². The van der Waals surface area contributed by atoms with Gasteiger partial charge in [0.15, 0.2) is 0 Å². The molecule has 0 spiro atoms. The number of rotatable bonds is 4. The van der Waals surface area contributed by atoms with Gasteiger partial charge in [-0.2, -0.15) is 0 Å². The maximum atomic E-state index is 11.9. The van der Waals surface area contributed by atoms with Gasteiger partial charge in [-0.25, -0.2) is 0 Å². The molecule has 0 bridgehead atoms. The van der Waals surface area contributed by atoms with Crippen molar-refractivity contribution in [2.75, 3.05) is 12.3 Å². The van der Waals surface area contributed by atoms with E-state index < -0.39 is 0 Å². The predicted molar refractivity (Wildman–Crippen MR) is 61.1 cm³/mol. The highest BCUT2D eigenvalue weighted by atomic mass is 16.3. The number of aliphatic hydroxyl groups is 1. The number of nitrogens with zero attached hydrogens (tertiary/aromatic N) is 1. The van der Waals surface area contributed by atoms with Crippen LogP contribution in [0.5, 0.6) is 0 Å². The quantitative estimate of drug-likeness (QED) is 0.696. The van der Waals surface area contributed by atoms with Gasteiger partial charge in [0.1, 0.15) is 5.69 Å². The third kappa shape index (κ3) is 2.19. The summed E-state index contributed by atoms with van der Waals surface area (Å²) in [4.78, 5) is 11.9. The average Bonchev–Trinajstić information content (AvgIpc) is 3.01. The zero-order valence-electron chi connectivity index (χ0n) is 9.31. The summed E-state index contributed by atoms with van der Waals surface area (Å²) in [5, 5.41) is 11.6. The lowest BCUT2D eigenvalue weighted by molar-refractivity contribution is 0.0912. The Morgan fingerprint density at radius 1 is 1.75 bits per heavy atom. The minimum atomic E-state index is -0.240. The van der Waals surface area contributed by atoms with Crippen LogP contribution in [0.2, 0.25) is 0 Å². The Morgan fingerprint density at radius 2 is 2.44 bits per heavy atom. The van der Waals surface area contributed by atoms with Crippen LogP contribution in [-0.2, 0) is 0 Å². The summed E-state index contributed by atoms with van der Waals surface area (Å²) < 4.78 is 1.93. The second kappa shape index (κ2) is 4.17. The van der Waals surface area contributed by atoms with Gasteiger partial charge in [-0.1, -0.05) is 0 Å². The Morgan fingerprint density at radius 3 is 3.00 bits per heavy atom. The van der Waals surface area contributed by atoms with Gasteiger partial charge in [0.2, 0.25) is 0 Å². The normalized spacial score (nSPS) is 17.1. The molecule has 5 heteroatoms. The summed E-state index contributed by atoms with van der Waals surface area (Å²) in [6, 6.07) is 1.86. The minimum absolute atomic E-state index is 0.0641. The van der Waals surface area contributed by atoms with Crippen LogP contribution in [0.1, 0.15) is 36.3 Å². The van der Waals surface area contributed by atoms with Gasteiger partial charge in [0.25, 0.3) is 5.91 Å². The number of hydrogen-bond donors (Lipinski definition) is 3. The van der Waals surface area contributed by atoms with Crippen molar-refractivity contribution in [1.82, 2.24) is 9.88 Å². The standard InChI is InChI=1S/C11H17N3O2/c1-7(6-15)13-11(16)10-4-8(12)5-14(10)9-2-3-9/h4-5,7,9,15H,2-3,6,12H2,1H3,(H,13,16)/t7-/m1/s1. The second-order valence-electron chi connectivity index (χ2n) is 4.35. The lowest BCUT2D eigenvalue weighted by Crippen LogP contribution is -2.36. The van der Waals surface area contributed by atoms with Gasteiger partial charge in [-0.05, 0) is 25.8 Å². The van der Waals surface area contributed by atoms with Gasteiger partial charge in [-0.3, -0.25) is 4.79 Å². The molecule has 0 saturated heterocycles. The maximum Gasteiger partial charge on any atom is 0.268 e. The van der Waals surface area contributed by atoms with Crippen molar-refractivity contribution in [3.8, 4) is 0 Å². The molecule has 1 aromatic heterocycles. The number of nitrogens with one attached hydrogen (secondary N) is 1. The highest BCUT2D eigenvalue weighted by Gasteiger charge is 2.27. The van der Waals surface area contributed by atoms with Crippen LogP contribution in [0, 0.1) is 0 Å². The largest absolute Gasteiger partial charge is 0.397 e. The molecule has 4 N–H and O–H groups in total. The van der Waals surface area contributed by atoms with E-state index in [4.69, 9.17) is 10.8 Å². The van der Waals surface area contributed by atoms with Crippen LogP contribution in [0.3, 0.4) is 0 Å². The zero-order valence-corrected chi connectivity index (χ0v) is 9.31. The molecule has 0 radical (unpaired) electrons. The third-order valence-corrected chi connectivity index (χ3v) is 2.69. The Kier molecular flexibility index (Phi) is 2.87. The van der Waals surface area contributed by atoms with E-state index in [2.05, 4.69) is 5.32 Å². The van der Waals surface area contributed by atoms with Crippen LogP contribution >= 0.6 is 0 Å². The van der Waals surface area contributed by atoms with Crippen molar-refractivity contribution in [2.24, 2.45) is 0 Å². The van der Waals surface area contributed by atoms with E-state index in [9.17, 15) is 4.79 Å². The number of nitrogens with two attached hydrogens (primary N) is 1. The van der Waals surface area contributed by atoms with Gasteiger partial charge < -0.3 is 20.7 Å². The molecular weight excluding hydrogens is 206 g/mol. The fourth-order valence-electron chi connectivity index (χ4n) is 1.68. The molecule has 2 rings (SSSR count). The lowest BCUT2D eigenvalue weighted by Gasteiger charge is -2.12. The molecule has 0 unspecified atom stereocenters. The third-order valence-electron chi connectivity index (χ3n) is 2.69. The fourth-order valence-corrected chi connectivity index (χ4v) is 1.68. The molecule has 1 aliphatic carbocycles. The highest BCUT2D eigenvalue weighted by molar-refractivity contribution is 5.94. The molecule has 5 nitrogen and oxygen atoms in total. The number of aliphatic hydroxyl groups excluding tert-OH is 1. The Hall–Kier alpha value is -1.49. The first-order chi connectivity index (χ1) is 7.61. The van der Waals surface area contributed by atoms with Crippen molar-refractivity contribution in [2.45, 2.75) is 31.8 Å². The Labute approximate surface area is 94.2 Å². The first-order valence-electron chi connectivity index (χ1n) is 5.51. The van der Waals surface area contributed by atoms with E-state index >= 15 is 0 Å². The molecule has 1 aliphatic rings. The summed E-state index contributed by atoms with van der Waals surface area (Å²) in [5.41, 5.74) is 6.88. The number of nitrogen functional groups attached to an aromatic ring is 1. The van der Waals surface area contributed by atoms with Crippen LogP contribution in [-0.4, -0.2) is 28.2 Å². The van der Waals surface area contributed by atoms with Crippen molar-refractivity contribution in [3.05, 3.63) is 18.0 Å². The summed E-state index contributed by atoms with van der Waals surface area (Å²) in [7, 11) is 0. The molecule has 0 aliphatic heterocycles. The Bertz CT molecular complexity index is 396. The number of anilines is 1. The van der Waals surface area contributed by atoms with Crippen LogP contribution in [0.15, 0.2) is 12.3 Å². The van der Waals surface area contributed by atoms with E-state index in [1.165, 1.54) is 0 Å². The number of carbonyl (C=O) groups is 1. The van der Waals surface area contributed by atoms with Crippen LogP contribution < -0.4 is 11.1 Å². The Balaban J connectivity index is 2.15. The summed E-state index contributed by atoms with van der Waals surface area (Å²) >= 11 is 0.